The third kappa shape index (κ3) is 22.6. The van der Waals surface area contributed by atoms with E-state index >= 15 is 0 Å². The number of likely N-dealkylation sites (tertiary alicyclic amines) is 1. The lowest BCUT2D eigenvalue weighted by Crippen LogP contribution is -2.52. The van der Waals surface area contributed by atoms with Gasteiger partial charge in [-0.25, -0.2) is 9.55 Å². The Labute approximate surface area is 419 Å². The van der Waals surface area contributed by atoms with Crippen LogP contribution >= 0.6 is 20.5 Å². The van der Waals surface area contributed by atoms with E-state index < -0.39 is 111 Å². The summed E-state index contributed by atoms with van der Waals surface area (Å²) in [5.74, 6) is -6.64. The first-order valence-corrected chi connectivity index (χ1v) is 25.7. The van der Waals surface area contributed by atoms with Crippen molar-refractivity contribution in [3.63, 3.8) is 0 Å². The normalized spacial score (nSPS) is 17.5. The van der Waals surface area contributed by atoms with Crippen LogP contribution in [0.5, 0.6) is 0 Å². The van der Waals surface area contributed by atoms with Crippen LogP contribution in [0.25, 0.3) is 0 Å². The standard InChI is InChI=1S/C46H71N8O15PS/c1-29(2)19-38(41(57)21-33(20-34-24-48-28-50-34)44(60)53-39(26-55)42(58)23-36(30(3)56)31(4)69-70(63,64)65)52-46(62)40-22-35(68-51-13-8-11-32-9-6-5-7-10-32)25-54(40)43(59)12-15-66-17-18-67-16-14-49-45(61)37(47)27-71/h5-7,9-10,13,24,28-29,31,33,35-40,55,71H,8,11-12,14-23,25-27,47H2,1-4H3,(H,48,50)(H,49,61)(H,52,62)(H,53,60)(H2,63,64,65)/b51-13-/t31?,33-,35-,36-,37+,38+,39+,40+/m1/s1. The number of thiol groups is 1. The fourth-order valence-corrected chi connectivity index (χ4v) is 8.41. The van der Waals surface area contributed by atoms with Crippen molar-refractivity contribution in [2.24, 2.45) is 28.6 Å². The van der Waals surface area contributed by atoms with E-state index in [-0.39, 0.29) is 82.8 Å². The van der Waals surface area contributed by atoms with Gasteiger partial charge in [-0.2, -0.15) is 12.6 Å². The van der Waals surface area contributed by atoms with Crippen molar-refractivity contribution in [3.05, 3.63) is 54.1 Å². The molecule has 396 valence electrons. The number of aliphatic hydroxyl groups excluding tert-OH is 1. The number of hydrogen-bond acceptors (Lipinski definition) is 17. The number of rotatable bonds is 35. The average Bonchev–Trinajstić information content (AvgIpc) is 4.01. The molecule has 1 unspecified atom stereocenters. The number of aryl methyl sites for hydroxylation is 1. The van der Waals surface area contributed by atoms with Crippen molar-refractivity contribution in [2.45, 2.75) is 115 Å². The number of nitrogens with one attached hydrogen (secondary N) is 4. The van der Waals surface area contributed by atoms with E-state index in [2.05, 4.69) is 48.2 Å². The van der Waals surface area contributed by atoms with Gasteiger partial charge in [0, 0.05) is 56.1 Å². The number of amides is 4. The van der Waals surface area contributed by atoms with Crippen LogP contribution in [0.3, 0.4) is 0 Å². The lowest BCUT2D eigenvalue weighted by Gasteiger charge is -2.28. The maximum atomic E-state index is 14.3. The Balaban J connectivity index is 1.73. The minimum atomic E-state index is -5.04. The number of imidazole rings is 1. The SMILES string of the molecule is CC(=O)[C@@H](CC(=O)[C@H](CO)NC(=O)[C@@H](CC(=O)[C@H](CC(C)C)NC(=O)[C@@H]1C[C@@H](O/N=C\CCc2ccccc2)CN1C(=O)CCOCCOCCNC(=O)[C@@H](N)CS)Cc1cnc[nH]1)C(C)OP(=O)(O)O. The number of hydrogen-bond donors (Lipinski definition) is 9. The number of ketones is 3. The maximum absolute atomic E-state index is 14.3. The molecule has 2 aromatic rings. The number of benzene rings is 1. The molecule has 23 nitrogen and oxygen atoms in total. The summed E-state index contributed by atoms with van der Waals surface area (Å²) in [6, 6.07) is 5.30. The Hall–Kier alpha value is -4.91. The van der Waals surface area contributed by atoms with Gasteiger partial charge < -0.3 is 60.8 Å². The summed E-state index contributed by atoms with van der Waals surface area (Å²) in [4.78, 5) is 126. The fraction of sp³-hybridized carbons (Fsp3) is 0.630. The summed E-state index contributed by atoms with van der Waals surface area (Å²) in [6.07, 6.45) is 2.60. The van der Waals surface area contributed by atoms with E-state index in [9.17, 15) is 53.0 Å². The highest BCUT2D eigenvalue weighted by Crippen LogP contribution is 2.39. The molecule has 1 fully saturated rings. The first kappa shape index (κ1) is 60.4. The summed E-state index contributed by atoms with van der Waals surface area (Å²) in [5, 5.41) is 22.2. The van der Waals surface area contributed by atoms with Crippen LogP contribution in [0.15, 0.2) is 48.0 Å². The van der Waals surface area contributed by atoms with E-state index in [4.69, 9.17) is 20.0 Å². The zero-order valence-electron chi connectivity index (χ0n) is 40.7. The highest BCUT2D eigenvalue weighted by atomic mass is 32.1. The maximum Gasteiger partial charge on any atom is 0.469 e. The van der Waals surface area contributed by atoms with Crippen LogP contribution in [0.4, 0.5) is 0 Å². The number of ether oxygens (including phenoxy) is 2. The van der Waals surface area contributed by atoms with Gasteiger partial charge >= 0.3 is 7.82 Å². The van der Waals surface area contributed by atoms with Gasteiger partial charge in [-0.05, 0) is 44.6 Å². The lowest BCUT2D eigenvalue weighted by molar-refractivity contribution is -0.140. The van der Waals surface area contributed by atoms with Crippen LogP contribution in [0.2, 0.25) is 0 Å². The van der Waals surface area contributed by atoms with E-state index in [0.717, 1.165) is 18.9 Å². The molecule has 1 aromatic heterocycles. The number of H-pyrrole nitrogens is 1. The molecule has 8 atom stereocenters. The smallest absolute Gasteiger partial charge is 0.394 e. The Morgan fingerprint density at radius 2 is 1.68 bits per heavy atom. The second-order valence-corrected chi connectivity index (χ2v) is 19.2. The molecule has 2 heterocycles. The number of aromatic nitrogens is 2. The molecule has 9 N–H and O–H groups in total. The minimum absolute atomic E-state index is 0.00215. The fourth-order valence-electron chi connectivity index (χ4n) is 7.66. The molecule has 0 radical (unpaired) electrons. The molecule has 1 aliphatic heterocycles. The lowest BCUT2D eigenvalue weighted by atomic mass is 9.89. The van der Waals surface area contributed by atoms with E-state index in [1.54, 1.807) is 6.21 Å². The van der Waals surface area contributed by atoms with Gasteiger partial charge in [-0.15, -0.1) is 0 Å². The van der Waals surface area contributed by atoms with E-state index in [1.165, 1.54) is 24.3 Å². The number of phosphoric ester groups is 1. The second kappa shape index (κ2) is 31.5. The highest BCUT2D eigenvalue weighted by Gasteiger charge is 2.42. The molecule has 1 aromatic carbocycles. The summed E-state index contributed by atoms with van der Waals surface area (Å²) in [6.45, 7) is 5.89. The van der Waals surface area contributed by atoms with Gasteiger partial charge in [0.2, 0.25) is 23.6 Å². The number of carbonyl (C=O) groups excluding carboxylic acids is 7. The Kier molecular flexibility index (Phi) is 26.8. The van der Waals surface area contributed by atoms with Gasteiger partial charge in [-0.1, -0.05) is 49.3 Å². The summed E-state index contributed by atoms with van der Waals surface area (Å²) >= 11 is 4.00. The molecule has 1 saturated heterocycles. The number of nitrogens with zero attached hydrogens (tertiary/aromatic N) is 3. The number of carbonyl (C=O) groups is 7. The first-order chi connectivity index (χ1) is 33.7. The van der Waals surface area contributed by atoms with Crippen LogP contribution in [0, 0.1) is 17.8 Å². The van der Waals surface area contributed by atoms with Crippen LogP contribution in [-0.2, 0) is 69.8 Å². The largest absolute Gasteiger partial charge is 0.469 e. The third-order valence-corrected chi connectivity index (χ3v) is 12.4. The van der Waals surface area contributed by atoms with E-state index in [0.29, 0.717) is 12.1 Å². The van der Waals surface area contributed by atoms with Gasteiger partial charge in [0.15, 0.2) is 11.6 Å². The van der Waals surface area contributed by atoms with Crippen molar-refractivity contribution < 1.29 is 71.9 Å². The minimum Gasteiger partial charge on any atom is -0.394 e. The molecule has 25 heteroatoms. The van der Waals surface area contributed by atoms with E-state index in [1.807, 2.05) is 44.2 Å². The van der Waals surface area contributed by atoms with Crippen molar-refractivity contribution in [3.8, 4) is 0 Å². The van der Waals surface area contributed by atoms with Gasteiger partial charge in [0.25, 0.3) is 0 Å². The number of oxime groups is 1. The quantitative estimate of drug-likeness (QED) is 0.0150. The molecular weight excluding hydrogens is 968 g/mol. The second-order valence-electron chi connectivity index (χ2n) is 17.7. The predicted molar refractivity (Wildman–Crippen MR) is 262 cm³/mol. The van der Waals surface area contributed by atoms with Crippen LogP contribution in [0.1, 0.15) is 77.5 Å². The average molecular weight is 1040 g/mol. The molecule has 0 aliphatic carbocycles. The topological polar surface area (TPSA) is 341 Å². The zero-order valence-corrected chi connectivity index (χ0v) is 42.5. The van der Waals surface area contributed by atoms with Crippen LogP contribution < -0.4 is 21.7 Å². The van der Waals surface area contributed by atoms with Gasteiger partial charge in [-0.3, -0.25) is 38.1 Å². The summed E-state index contributed by atoms with van der Waals surface area (Å²) in [7, 11) is -5.04. The van der Waals surface area contributed by atoms with Crippen molar-refractivity contribution >= 4 is 67.6 Å². The predicted octanol–water partition coefficient (Wildman–Crippen LogP) is 0.599. The molecule has 71 heavy (non-hydrogen) atoms. The zero-order chi connectivity index (χ0) is 52.5. The number of aromatic amines is 1. The van der Waals surface area contributed by atoms with Crippen molar-refractivity contribution in [1.29, 1.82) is 0 Å². The number of phosphoric acid groups is 1. The molecule has 0 spiro atoms. The van der Waals surface area contributed by atoms with Gasteiger partial charge in [0.05, 0.1) is 82.4 Å². The highest BCUT2D eigenvalue weighted by molar-refractivity contribution is 7.80. The number of Topliss-reactive ketones (excluding diaryl/α,β-unsaturated/α-hetero) is 3. The molecule has 3 rings (SSSR count). The monoisotopic (exact) mass is 1040 g/mol. The Morgan fingerprint density at radius 3 is 2.30 bits per heavy atom. The Morgan fingerprint density at radius 1 is 0.986 bits per heavy atom. The molecule has 0 saturated carbocycles. The molecule has 4 amide bonds. The molecular formula is C46H71N8O15PS. The van der Waals surface area contributed by atoms with Crippen LogP contribution in [-0.4, -0.2) is 165 Å². The summed E-state index contributed by atoms with van der Waals surface area (Å²) in [5.41, 5.74) is 7.20. The molecule has 0 bridgehead atoms. The summed E-state index contributed by atoms with van der Waals surface area (Å²) < 4.78 is 27.2. The first-order valence-electron chi connectivity index (χ1n) is 23.5. The van der Waals surface area contributed by atoms with Crippen molar-refractivity contribution in [2.75, 3.05) is 51.9 Å². The van der Waals surface area contributed by atoms with Gasteiger partial charge in [0.1, 0.15) is 24.0 Å². The van der Waals surface area contributed by atoms with Crippen molar-refractivity contribution in [1.82, 2.24) is 30.8 Å². The molecule has 1 aliphatic rings. The number of nitrogens with two attached hydrogens (primary N) is 1. The Bertz CT molecular complexity index is 2080. The third-order valence-electron chi connectivity index (χ3n) is 11.4. The number of aliphatic hydroxyl groups is 1.